The zero-order chi connectivity index (χ0) is 13.9. The molecule has 0 aliphatic rings. The van der Waals surface area contributed by atoms with E-state index in [1.165, 1.54) is 11.3 Å². The second-order valence-corrected chi connectivity index (χ2v) is 6.40. The molecule has 0 saturated heterocycles. The predicted octanol–water partition coefficient (Wildman–Crippen LogP) is 3.34. The van der Waals surface area contributed by atoms with E-state index in [0.717, 1.165) is 9.60 Å². The fraction of sp³-hybridized carbons (Fsp3) is 0. The van der Waals surface area contributed by atoms with Crippen molar-refractivity contribution in [3.8, 4) is 5.82 Å². The zero-order valence-corrected chi connectivity index (χ0v) is 12.6. The molecule has 5 nitrogen and oxygen atoms in total. The summed E-state index contributed by atoms with van der Waals surface area (Å²) in [6.07, 6.45) is 6.79. The van der Waals surface area contributed by atoms with Crippen LogP contribution in [0.15, 0.2) is 53.0 Å². The third-order valence-corrected chi connectivity index (χ3v) is 4.19. The first-order valence-corrected chi connectivity index (χ1v) is 7.34. The molecule has 0 atom stereocenters. The van der Waals surface area contributed by atoms with Crippen LogP contribution in [-0.2, 0) is 0 Å². The monoisotopic (exact) mass is 348 g/mol. The van der Waals surface area contributed by atoms with Gasteiger partial charge in [-0.2, -0.15) is 0 Å². The lowest BCUT2D eigenvalue weighted by Crippen LogP contribution is -2.10. The minimum Gasteiger partial charge on any atom is -0.320 e. The van der Waals surface area contributed by atoms with Gasteiger partial charge in [-0.25, -0.2) is 9.97 Å². The highest BCUT2D eigenvalue weighted by molar-refractivity contribution is 9.11. The normalized spacial score (nSPS) is 10.4. The van der Waals surface area contributed by atoms with Gasteiger partial charge in [0.05, 0.1) is 20.5 Å². The molecule has 0 saturated carbocycles. The Hall–Kier alpha value is -1.99. The van der Waals surface area contributed by atoms with Gasteiger partial charge in [-0.3, -0.25) is 9.36 Å². The first kappa shape index (κ1) is 13.0. The molecular formula is C13H9BrN4OS. The summed E-state index contributed by atoms with van der Waals surface area (Å²) >= 11 is 4.72. The number of rotatable bonds is 3. The number of nitrogens with zero attached hydrogens (tertiary/aromatic N) is 3. The van der Waals surface area contributed by atoms with Crippen molar-refractivity contribution in [3.63, 3.8) is 0 Å². The van der Waals surface area contributed by atoms with E-state index in [4.69, 9.17) is 0 Å². The van der Waals surface area contributed by atoms with Crippen molar-refractivity contribution in [1.29, 1.82) is 0 Å². The molecule has 1 N–H and O–H groups in total. The summed E-state index contributed by atoms with van der Waals surface area (Å²) < 4.78 is 2.72. The lowest BCUT2D eigenvalue weighted by molar-refractivity contribution is 0.103. The summed E-state index contributed by atoms with van der Waals surface area (Å²) in [4.78, 5) is 20.9. The molecule has 0 aromatic carbocycles. The maximum Gasteiger partial charge on any atom is 0.265 e. The summed E-state index contributed by atoms with van der Waals surface area (Å²) in [5, 5.41) is 2.81. The van der Waals surface area contributed by atoms with Crippen molar-refractivity contribution in [1.82, 2.24) is 14.5 Å². The van der Waals surface area contributed by atoms with Crippen LogP contribution in [-0.4, -0.2) is 20.4 Å². The molecule has 0 bridgehead atoms. The van der Waals surface area contributed by atoms with E-state index in [9.17, 15) is 4.79 Å². The molecule has 0 fully saturated rings. The molecule has 3 rings (SSSR count). The van der Waals surface area contributed by atoms with Crippen LogP contribution >= 0.6 is 27.3 Å². The zero-order valence-electron chi connectivity index (χ0n) is 10.2. The number of imidazole rings is 1. The standard InChI is InChI=1S/C13H9BrN4OS/c14-11-3-2-10(20-11)13(19)17-9-1-4-12(16-7-9)18-6-5-15-8-18/h1-8H,(H,17,19). The SMILES string of the molecule is O=C(Nc1ccc(-n2ccnc2)nc1)c1ccc(Br)s1. The Bertz CT molecular complexity index is 721. The predicted molar refractivity (Wildman–Crippen MR) is 81.3 cm³/mol. The van der Waals surface area contributed by atoms with Crippen molar-refractivity contribution in [3.05, 3.63) is 57.8 Å². The van der Waals surface area contributed by atoms with E-state index in [-0.39, 0.29) is 5.91 Å². The number of anilines is 1. The van der Waals surface area contributed by atoms with E-state index in [1.807, 2.05) is 24.4 Å². The minimum absolute atomic E-state index is 0.141. The largest absolute Gasteiger partial charge is 0.320 e. The Labute approximate surface area is 127 Å². The van der Waals surface area contributed by atoms with Crippen LogP contribution in [0, 0.1) is 0 Å². The second kappa shape index (κ2) is 5.56. The second-order valence-electron chi connectivity index (χ2n) is 3.93. The van der Waals surface area contributed by atoms with E-state index < -0.39 is 0 Å². The summed E-state index contributed by atoms with van der Waals surface area (Å²) in [7, 11) is 0. The van der Waals surface area contributed by atoms with Crippen LogP contribution in [0.1, 0.15) is 9.67 Å². The lowest BCUT2D eigenvalue weighted by Gasteiger charge is -2.05. The lowest BCUT2D eigenvalue weighted by atomic mass is 10.3. The third kappa shape index (κ3) is 2.78. The van der Waals surface area contributed by atoms with Crippen molar-refractivity contribution in [2.75, 3.05) is 5.32 Å². The fourth-order valence-electron chi connectivity index (χ4n) is 1.64. The van der Waals surface area contributed by atoms with Gasteiger partial charge in [0.1, 0.15) is 12.1 Å². The number of thiophene rings is 1. The van der Waals surface area contributed by atoms with Crippen molar-refractivity contribution in [2.24, 2.45) is 0 Å². The number of pyridine rings is 1. The Morgan fingerprint density at radius 1 is 1.30 bits per heavy atom. The van der Waals surface area contributed by atoms with Gasteiger partial charge in [0.25, 0.3) is 5.91 Å². The molecule has 20 heavy (non-hydrogen) atoms. The summed E-state index contributed by atoms with van der Waals surface area (Å²) in [6.45, 7) is 0. The smallest absolute Gasteiger partial charge is 0.265 e. The summed E-state index contributed by atoms with van der Waals surface area (Å²) in [6, 6.07) is 7.25. The number of halogens is 1. The van der Waals surface area contributed by atoms with E-state index >= 15 is 0 Å². The number of amides is 1. The van der Waals surface area contributed by atoms with Crippen LogP contribution < -0.4 is 5.32 Å². The average molecular weight is 349 g/mol. The topological polar surface area (TPSA) is 59.8 Å². The summed E-state index contributed by atoms with van der Waals surface area (Å²) in [5.74, 6) is 0.609. The van der Waals surface area contributed by atoms with Crippen LogP contribution in [0.2, 0.25) is 0 Å². The molecule has 3 heterocycles. The molecule has 100 valence electrons. The van der Waals surface area contributed by atoms with Crippen LogP contribution in [0.3, 0.4) is 0 Å². The van der Waals surface area contributed by atoms with Crippen LogP contribution in [0.4, 0.5) is 5.69 Å². The molecule has 3 aromatic heterocycles. The minimum atomic E-state index is -0.141. The number of hydrogen-bond donors (Lipinski definition) is 1. The molecular weight excluding hydrogens is 340 g/mol. The van der Waals surface area contributed by atoms with E-state index in [0.29, 0.717) is 10.6 Å². The van der Waals surface area contributed by atoms with Gasteiger partial charge < -0.3 is 5.32 Å². The number of hydrogen-bond acceptors (Lipinski definition) is 4. The quantitative estimate of drug-likeness (QED) is 0.789. The Morgan fingerprint density at radius 2 is 2.20 bits per heavy atom. The Kier molecular flexibility index (Phi) is 3.62. The molecule has 0 spiro atoms. The first-order chi connectivity index (χ1) is 9.72. The third-order valence-electron chi connectivity index (χ3n) is 2.57. The van der Waals surface area contributed by atoms with Gasteiger partial charge >= 0.3 is 0 Å². The molecule has 7 heteroatoms. The average Bonchev–Trinajstić information content (AvgIpc) is 3.10. The Balaban J connectivity index is 1.74. The van der Waals surface area contributed by atoms with Gasteiger partial charge in [0.15, 0.2) is 0 Å². The Morgan fingerprint density at radius 3 is 2.80 bits per heavy atom. The number of carbonyl (C=O) groups is 1. The molecule has 0 aliphatic heterocycles. The van der Waals surface area contributed by atoms with Gasteiger partial charge in [-0.1, -0.05) is 0 Å². The number of nitrogens with one attached hydrogen (secondary N) is 1. The van der Waals surface area contributed by atoms with Gasteiger partial charge in [-0.15, -0.1) is 11.3 Å². The number of aromatic nitrogens is 3. The van der Waals surface area contributed by atoms with Crippen molar-refractivity contribution >= 4 is 38.9 Å². The van der Waals surface area contributed by atoms with Crippen LogP contribution in [0.5, 0.6) is 0 Å². The molecule has 0 radical (unpaired) electrons. The van der Waals surface area contributed by atoms with Gasteiger partial charge in [0.2, 0.25) is 0 Å². The maximum absolute atomic E-state index is 12.0. The molecule has 0 aliphatic carbocycles. The fourth-order valence-corrected chi connectivity index (χ4v) is 2.92. The maximum atomic E-state index is 12.0. The highest BCUT2D eigenvalue weighted by Crippen LogP contribution is 2.23. The highest BCUT2D eigenvalue weighted by Gasteiger charge is 2.09. The van der Waals surface area contributed by atoms with Crippen molar-refractivity contribution < 1.29 is 4.79 Å². The molecule has 0 unspecified atom stereocenters. The summed E-state index contributed by atoms with van der Waals surface area (Å²) in [5.41, 5.74) is 0.656. The van der Waals surface area contributed by atoms with Crippen LogP contribution in [0.25, 0.3) is 5.82 Å². The molecule has 1 amide bonds. The number of carbonyl (C=O) groups excluding carboxylic acids is 1. The van der Waals surface area contributed by atoms with Crippen molar-refractivity contribution in [2.45, 2.75) is 0 Å². The van der Waals surface area contributed by atoms with Gasteiger partial charge in [0, 0.05) is 12.4 Å². The highest BCUT2D eigenvalue weighted by atomic mass is 79.9. The van der Waals surface area contributed by atoms with E-state index in [1.54, 1.807) is 29.4 Å². The first-order valence-electron chi connectivity index (χ1n) is 5.73. The van der Waals surface area contributed by atoms with E-state index in [2.05, 4.69) is 31.2 Å². The van der Waals surface area contributed by atoms with Gasteiger partial charge in [-0.05, 0) is 40.2 Å². The molecule has 3 aromatic rings.